The lowest BCUT2D eigenvalue weighted by Gasteiger charge is -2.23. The van der Waals surface area contributed by atoms with Crippen LogP contribution in [0.25, 0.3) is 0 Å². The van der Waals surface area contributed by atoms with Crippen molar-refractivity contribution in [2.24, 2.45) is 5.41 Å². The quantitative estimate of drug-likeness (QED) is 0.658. The number of hydrogen-bond acceptors (Lipinski definition) is 4. The Morgan fingerprint density at radius 2 is 1.67 bits per heavy atom. The minimum Gasteiger partial charge on any atom is -0.466 e. The molecule has 1 unspecified atom stereocenters. The van der Waals surface area contributed by atoms with Gasteiger partial charge in [0.25, 0.3) is 0 Å². The summed E-state index contributed by atoms with van der Waals surface area (Å²) in [6, 6.07) is 0. The van der Waals surface area contributed by atoms with E-state index in [0.29, 0.717) is 6.61 Å². The average Bonchev–Trinajstić information content (AvgIpc) is 2.20. The zero-order valence-corrected chi connectivity index (χ0v) is 12.2. The fraction of sp³-hybridized carbons (Fsp3) is 0.857. The highest BCUT2D eigenvalue weighted by Gasteiger charge is 2.18. The molecule has 106 valence electrons. The third-order valence-electron chi connectivity index (χ3n) is 2.23. The molecule has 0 aliphatic carbocycles. The Balaban J connectivity index is 3.80. The predicted molar refractivity (Wildman–Crippen MR) is 70.1 cm³/mol. The van der Waals surface area contributed by atoms with Crippen molar-refractivity contribution in [1.29, 1.82) is 0 Å². The second-order valence-electron chi connectivity index (χ2n) is 5.79. The summed E-state index contributed by atoms with van der Waals surface area (Å²) < 4.78 is 10.1. The van der Waals surface area contributed by atoms with Gasteiger partial charge in [-0.2, -0.15) is 0 Å². The lowest BCUT2D eigenvalue weighted by molar-refractivity contribution is -0.154. The minimum atomic E-state index is -0.336. The first-order chi connectivity index (χ1) is 8.24. The topological polar surface area (TPSA) is 52.6 Å². The van der Waals surface area contributed by atoms with Gasteiger partial charge in [-0.05, 0) is 25.2 Å². The van der Waals surface area contributed by atoms with Gasteiger partial charge in [0.2, 0.25) is 0 Å². The van der Waals surface area contributed by atoms with Gasteiger partial charge in [0.1, 0.15) is 0 Å². The Morgan fingerprint density at radius 1 is 1.11 bits per heavy atom. The van der Waals surface area contributed by atoms with Crippen LogP contribution in [0, 0.1) is 5.41 Å². The van der Waals surface area contributed by atoms with Gasteiger partial charge in [0.05, 0.1) is 25.6 Å². The molecule has 1 atom stereocenters. The maximum absolute atomic E-state index is 11.5. The molecule has 4 nitrogen and oxygen atoms in total. The monoisotopic (exact) mass is 258 g/mol. The zero-order valence-electron chi connectivity index (χ0n) is 12.2. The van der Waals surface area contributed by atoms with Gasteiger partial charge < -0.3 is 9.47 Å². The van der Waals surface area contributed by atoms with Crippen LogP contribution < -0.4 is 0 Å². The molecule has 0 saturated heterocycles. The van der Waals surface area contributed by atoms with E-state index in [0.717, 1.165) is 12.8 Å². The van der Waals surface area contributed by atoms with E-state index in [1.807, 2.05) is 13.8 Å². The van der Waals surface area contributed by atoms with Gasteiger partial charge in [0.15, 0.2) is 0 Å². The van der Waals surface area contributed by atoms with Crippen molar-refractivity contribution in [3.63, 3.8) is 0 Å². The summed E-state index contributed by atoms with van der Waals surface area (Å²) in [6.07, 6.45) is 1.67. The second-order valence-corrected chi connectivity index (χ2v) is 5.79. The van der Waals surface area contributed by atoms with Crippen LogP contribution in [0.3, 0.4) is 0 Å². The van der Waals surface area contributed by atoms with Gasteiger partial charge >= 0.3 is 11.9 Å². The molecule has 0 amide bonds. The first kappa shape index (κ1) is 16.9. The fourth-order valence-electron chi connectivity index (χ4n) is 1.68. The van der Waals surface area contributed by atoms with Crippen LogP contribution in [0.2, 0.25) is 0 Å². The molecule has 0 N–H and O–H groups in total. The predicted octanol–water partition coefficient (Wildman–Crippen LogP) is 3.09. The molecule has 4 heteroatoms. The van der Waals surface area contributed by atoms with E-state index in [4.69, 9.17) is 9.47 Å². The van der Waals surface area contributed by atoms with Gasteiger partial charge in [-0.1, -0.05) is 27.7 Å². The van der Waals surface area contributed by atoms with E-state index < -0.39 is 0 Å². The van der Waals surface area contributed by atoms with Crippen molar-refractivity contribution < 1.29 is 19.1 Å². The third kappa shape index (κ3) is 10.1. The number of hydrogen-bond donors (Lipinski definition) is 0. The lowest BCUT2D eigenvalue weighted by Crippen LogP contribution is -2.21. The summed E-state index contributed by atoms with van der Waals surface area (Å²) in [7, 11) is 0. The minimum absolute atomic E-state index is 0.0943. The van der Waals surface area contributed by atoms with Crippen LogP contribution in [0.1, 0.15) is 60.3 Å². The van der Waals surface area contributed by atoms with Crippen LogP contribution in [-0.4, -0.2) is 24.6 Å². The van der Waals surface area contributed by atoms with E-state index >= 15 is 0 Å². The van der Waals surface area contributed by atoms with E-state index in [1.54, 1.807) is 0 Å². The molecule has 0 saturated carbocycles. The van der Waals surface area contributed by atoms with E-state index in [9.17, 15) is 9.59 Å². The van der Waals surface area contributed by atoms with Crippen LogP contribution >= 0.6 is 0 Å². The largest absolute Gasteiger partial charge is 0.466 e. The first-order valence-corrected chi connectivity index (χ1v) is 6.59. The van der Waals surface area contributed by atoms with Crippen LogP contribution in [0.15, 0.2) is 0 Å². The number of carbonyl (C=O) groups excluding carboxylic acids is 2. The van der Waals surface area contributed by atoms with Crippen LogP contribution in [0.4, 0.5) is 0 Å². The van der Waals surface area contributed by atoms with Crippen molar-refractivity contribution in [2.75, 3.05) is 6.61 Å². The summed E-state index contributed by atoms with van der Waals surface area (Å²) in [5.74, 6) is -0.669. The molecule has 0 rings (SSSR count). The highest BCUT2D eigenvalue weighted by molar-refractivity contribution is 5.77. The summed E-state index contributed by atoms with van der Waals surface area (Å²) in [5.41, 5.74) is 0.125. The second kappa shape index (κ2) is 8.11. The molecule has 0 fully saturated rings. The van der Waals surface area contributed by atoms with Crippen molar-refractivity contribution in [3.05, 3.63) is 0 Å². The van der Waals surface area contributed by atoms with Gasteiger partial charge in [-0.25, -0.2) is 0 Å². The fourth-order valence-corrected chi connectivity index (χ4v) is 1.68. The molecule has 0 bridgehead atoms. The Morgan fingerprint density at radius 3 is 2.17 bits per heavy atom. The third-order valence-corrected chi connectivity index (χ3v) is 2.23. The number of carbonyl (C=O) groups is 2. The summed E-state index contributed by atoms with van der Waals surface area (Å²) >= 11 is 0. The SMILES string of the molecule is CCCOC(=O)CCC(=O)OC(C)CC(C)(C)C. The molecular formula is C14H26O4. The standard InChI is InChI=1S/C14H26O4/c1-6-9-17-12(15)7-8-13(16)18-11(2)10-14(3,4)5/h11H,6-10H2,1-5H3. The Kier molecular flexibility index (Phi) is 7.64. The molecule has 0 aliphatic heterocycles. The lowest BCUT2D eigenvalue weighted by atomic mass is 9.90. The zero-order chi connectivity index (χ0) is 14.2. The maximum atomic E-state index is 11.5. The Bertz CT molecular complexity index is 265. The summed E-state index contributed by atoms with van der Waals surface area (Å²) in [5, 5.41) is 0. The normalized spacial score (nSPS) is 12.9. The van der Waals surface area contributed by atoms with E-state index in [1.165, 1.54) is 0 Å². The highest BCUT2D eigenvalue weighted by atomic mass is 16.5. The number of rotatable bonds is 7. The molecule has 0 aromatic heterocycles. The van der Waals surface area contributed by atoms with Crippen molar-refractivity contribution in [3.8, 4) is 0 Å². The van der Waals surface area contributed by atoms with Gasteiger partial charge in [-0.3, -0.25) is 9.59 Å². The molecular weight excluding hydrogens is 232 g/mol. The van der Waals surface area contributed by atoms with E-state index in [2.05, 4.69) is 20.8 Å². The van der Waals surface area contributed by atoms with Crippen molar-refractivity contribution in [1.82, 2.24) is 0 Å². The Hall–Kier alpha value is -1.06. The van der Waals surface area contributed by atoms with Gasteiger partial charge in [-0.15, -0.1) is 0 Å². The smallest absolute Gasteiger partial charge is 0.306 e. The molecule has 18 heavy (non-hydrogen) atoms. The molecule has 0 aromatic rings. The average molecular weight is 258 g/mol. The Labute approximate surface area is 110 Å². The number of ether oxygens (including phenoxy) is 2. The molecule has 0 heterocycles. The highest BCUT2D eigenvalue weighted by Crippen LogP contribution is 2.22. The summed E-state index contributed by atoms with van der Waals surface area (Å²) in [4.78, 5) is 22.7. The molecule has 0 radical (unpaired) electrons. The molecule has 0 aliphatic rings. The van der Waals surface area contributed by atoms with Crippen molar-refractivity contribution in [2.45, 2.75) is 66.4 Å². The van der Waals surface area contributed by atoms with Gasteiger partial charge in [0, 0.05) is 0 Å². The van der Waals surface area contributed by atoms with Crippen LogP contribution in [0.5, 0.6) is 0 Å². The van der Waals surface area contributed by atoms with Crippen molar-refractivity contribution >= 4 is 11.9 Å². The molecule has 0 spiro atoms. The maximum Gasteiger partial charge on any atom is 0.306 e. The number of esters is 2. The van der Waals surface area contributed by atoms with E-state index in [-0.39, 0.29) is 36.3 Å². The summed E-state index contributed by atoms with van der Waals surface area (Å²) in [6.45, 7) is 10.5. The molecule has 0 aromatic carbocycles. The first-order valence-electron chi connectivity index (χ1n) is 6.59. The van der Waals surface area contributed by atoms with Crippen LogP contribution in [-0.2, 0) is 19.1 Å².